The van der Waals surface area contributed by atoms with E-state index in [0.717, 1.165) is 24.6 Å². The molecule has 2 N–H and O–H groups in total. The molecule has 1 saturated carbocycles. The number of hydrogen-bond acceptors (Lipinski definition) is 4. The summed E-state index contributed by atoms with van der Waals surface area (Å²) in [5, 5.41) is 11.0. The van der Waals surface area contributed by atoms with Crippen molar-refractivity contribution in [3.63, 3.8) is 0 Å². The monoisotopic (exact) mass is 277 g/mol. The molecule has 6 nitrogen and oxygen atoms in total. The Labute approximate surface area is 119 Å². The highest BCUT2D eigenvalue weighted by atomic mass is 16.2. The fraction of sp³-hybridized carbons (Fsp3) is 0.714. The summed E-state index contributed by atoms with van der Waals surface area (Å²) in [7, 11) is 1.96. The summed E-state index contributed by atoms with van der Waals surface area (Å²) in [4.78, 5) is 14.1. The lowest BCUT2D eigenvalue weighted by atomic mass is 10.1. The smallest absolute Gasteiger partial charge is 0.242 e. The molecule has 1 aromatic rings. The maximum atomic E-state index is 11.9. The van der Waals surface area contributed by atoms with E-state index in [2.05, 4.69) is 20.6 Å². The topological polar surface area (TPSA) is 62.2 Å². The van der Waals surface area contributed by atoms with Crippen LogP contribution in [0.4, 0.5) is 5.82 Å². The number of carbonyl (C=O) groups excluding carboxylic acids is 1. The molecular formula is C14H23N5O. The average molecular weight is 277 g/mol. The highest BCUT2D eigenvalue weighted by Crippen LogP contribution is 2.27. The minimum Gasteiger partial charge on any atom is -0.353 e. The normalized spacial score (nSPS) is 23.1. The highest BCUT2D eigenvalue weighted by Gasteiger charge is 2.31. The van der Waals surface area contributed by atoms with Gasteiger partial charge in [0.1, 0.15) is 11.9 Å². The molecule has 0 spiro atoms. The van der Waals surface area contributed by atoms with Crippen LogP contribution < -0.4 is 15.5 Å². The quantitative estimate of drug-likeness (QED) is 0.831. The van der Waals surface area contributed by atoms with Crippen LogP contribution in [-0.4, -0.2) is 40.9 Å². The minimum absolute atomic E-state index is 0.0937. The lowest BCUT2D eigenvalue weighted by molar-refractivity contribution is -0.122. The summed E-state index contributed by atoms with van der Waals surface area (Å²) < 4.78 is 1.91. The van der Waals surface area contributed by atoms with Gasteiger partial charge in [-0.3, -0.25) is 9.48 Å². The molecule has 1 aliphatic carbocycles. The third-order valence-electron chi connectivity index (χ3n) is 4.23. The lowest BCUT2D eigenvalue weighted by Crippen LogP contribution is -2.54. The van der Waals surface area contributed by atoms with Crippen molar-refractivity contribution in [2.45, 2.75) is 45.3 Å². The molecule has 1 saturated heterocycles. The third kappa shape index (κ3) is 2.40. The number of aryl methyl sites for hydroxylation is 2. The van der Waals surface area contributed by atoms with Crippen molar-refractivity contribution in [3.05, 3.63) is 11.3 Å². The van der Waals surface area contributed by atoms with E-state index in [-0.39, 0.29) is 11.9 Å². The van der Waals surface area contributed by atoms with Gasteiger partial charge in [0.05, 0.1) is 5.69 Å². The second-order valence-electron chi connectivity index (χ2n) is 5.83. The second-order valence-corrected chi connectivity index (χ2v) is 5.83. The van der Waals surface area contributed by atoms with E-state index in [1.165, 1.54) is 18.4 Å². The molecule has 2 fully saturated rings. The number of nitrogens with zero attached hydrogens (tertiary/aromatic N) is 3. The predicted molar refractivity (Wildman–Crippen MR) is 77.6 cm³/mol. The maximum Gasteiger partial charge on any atom is 0.242 e. The molecule has 1 unspecified atom stereocenters. The molecule has 0 aromatic carbocycles. The zero-order valence-corrected chi connectivity index (χ0v) is 12.4. The van der Waals surface area contributed by atoms with Gasteiger partial charge in [-0.2, -0.15) is 5.10 Å². The molecular weight excluding hydrogens is 254 g/mol. The van der Waals surface area contributed by atoms with Gasteiger partial charge in [0.15, 0.2) is 0 Å². The van der Waals surface area contributed by atoms with Crippen LogP contribution in [0.25, 0.3) is 0 Å². The van der Waals surface area contributed by atoms with Crippen molar-refractivity contribution in [2.24, 2.45) is 7.05 Å². The molecule has 110 valence electrons. The van der Waals surface area contributed by atoms with E-state index in [9.17, 15) is 4.79 Å². The van der Waals surface area contributed by atoms with Gasteiger partial charge in [0.2, 0.25) is 5.91 Å². The Hall–Kier alpha value is -1.56. The molecule has 1 amide bonds. The third-order valence-corrected chi connectivity index (χ3v) is 4.23. The average Bonchev–Trinajstić information content (AvgIpc) is 3.18. The number of amides is 1. The Balaban J connectivity index is 1.88. The van der Waals surface area contributed by atoms with E-state index in [0.29, 0.717) is 12.6 Å². The van der Waals surface area contributed by atoms with E-state index < -0.39 is 0 Å². The van der Waals surface area contributed by atoms with Crippen molar-refractivity contribution < 1.29 is 4.79 Å². The van der Waals surface area contributed by atoms with Crippen LogP contribution in [0, 0.1) is 6.92 Å². The molecule has 20 heavy (non-hydrogen) atoms. The minimum atomic E-state index is -0.141. The Morgan fingerprint density at radius 2 is 2.20 bits per heavy atom. The first-order valence-corrected chi connectivity index (χ1v) is 7.38. The molecule has 1 atom stereocenters. The van der Waals surface area contributed by atoms with E-state index in [1.807, 2.05) is 25.6 Å². The number of nitrogens with one attached hydrogen (secondary N) is 2. The van der Waals surface area contributed by atoms with Crippen molar-refractivity contribution in [1.82, 2.24) is 20.4 Å². The number of carbonyl (C=O) groups is 1. The van der Waals surface area contributed by atoms with Gasteiger partial charge in [0.25, 0.3) is 0 Å². The first-order valence-electron chi connectivity index (χ1n) is 7.38. The SMILES string of the molecule is Cc1nn(C)c(N2CCNC(=O)C2C)c1CNC1CC1. The van der Waals surface area contributed by atoms with Gasteiger partial charge in [0, 0.05) is 38.3 Å². The summed E-state index contributed by atoms with van der Waals surface area (Å²) in [5.74, 6) is 1.18. The van der Waals surface area contributed by atoms with Crippen LogP contribution >= 0.6 is 0 Å². The van der Waals surface area contributed by atoms with Crippen LogP contribution in [0.5, 0.6) is 0 Å². The summed E-state index contributed by atoms with van der Waals surface area (Å²) >= 11 is 0. The van der Waals surface area contributed by atoms with Gasteiger partial charge >= 0.3 is 0 Å². The number of hydrogen-bond donors (Lipinski definition) is 2. The van der Waals surface area contributed by atoms with Crippen LogP contribution in [0.15, 0.2) is 0 Å². The molecule has 6 heteroatoms. The van der Waals surface area contributed by atoms with Crippen LogP contribution in [0.3, 0.4) is 0 Å². The van der Waals surface area contributed by atoms with Crippen molar-refractivity contribution in [3.8, 4) is 0 Å². The molecule has 0 radical (unpaired) electrons. The Morgan fingerprint density at radius 3 is 2.90 bits per heavy atom. The zero-order valence-electron chi connectivity index (χ0n) is 12.4. The van der Waals surface area contributed by atoms with Crippen LogP contribution in [-0.2, 0) is 18.4 Å². The molecule has 1 aromatic heterocycles. The van der Waals surface area contributed by atoms with E-state index >= 15 is 0 Å². The van der Waals surface area contributed by atoms with Gasteiger partial charge in [-0.15, -0.1) is 0 Å². The molecule has 1 aliphatic heterocycles. The maximum absolute atomic E-state index is 11.9. The second kappa shape index (κ2) is 5.09. The fourth-order valence-electron chi connectivity index (χ4n) is 2.86. The number of aromatic nitrogens is 2. The first-order chi connectivity index (χ1) is 9.58. The largest absolute Gasteiger partial charge is 0.353 e. The Bertz CT molecular complexity index is 520. The van der Waals surface area contributed by atoms with Crippen molar-refractivity contribution in [2.75, 3.05) is 18.0 Å². The standard InChI is InChI=1S/C14H23N5O/c1-9-12(8-16-11-4-5-11)14(18(3)17-9)19-7-6-15-13(20)10(19)2/h10-11,16H,4-8H2,1-3H3,(H,15,20). The van der Waals surface area contributed by atoms with Gasteiger partial charge in [-0.25, -0.2) is 0 Å². The fourth-order valence-corrected chi connectivity index (χ4v) is 2.86. The number of anilines is 1. The summed E-state index contributed by atoms with van der Waals surface area (Å²) in [6.45, 7) is 6.37. The summed E-state index contributed by atoms with van der Waals surface area (Å²) in [6, 6.07) is 0.530. The molecule has 2 heterocycles. The number of rotatable bonds is 4. The van der Waals surface area contributed by atoms with E-state index in [1.54, 1.807) is 0 Å². The summed E-state index contributed by atoms with van der Waals surface area (Å²) in [5.41, 5.74) is 2.27. The molecule has 3 rings (SSSR count). The Kier molecular flexibility index (Phi) is 3.41. The van der Waals surface area contributed by atoms with Crippen LogP contribution in [0.2, 0.25) is 0 Å². The van der Waals surface area contributed by atoms with Gasteiger partial charge in [-0.05, 0) is 26.7 Å². The number of piperazine rings is 1. The Morgan fingerprint density at radius 1 is 1.45 bits per heavy atom. The first kappa shape index (κ1) is 13.4. The summed E-state index contributed by atoms with van der Waals surface area (Å²) in [6.07, 6.45) is 2.55. The molecule has 2 aliphatic rings. The van der Waals surface area contributed by atoms with Gasteiger partial charge < -0.3 is 15.5 Å². The zero-order chi connectivity index (χ0) is 14.3. The van der Waals surface area contributed by atoms with Gasteiger partial charge in [-0.1, -0.05) is 0 Å². The van der Waals surface area contributed by atoms with Crippen LogP contribution in [0.1, 0.15) is 31.0 Å². The predicted octanol–water partition coefficient (Wildman–Crippen LogP) is 0.305. The highest BCUT2D eigenvalue weighted by molar-refractivity contribution is 5.86. The molecule has 0 bridgehead atoms. The van der Waals surface area contributed by atoms with Crippen molar-refractivity contribution >= 4 is 11.7 Å². The lowest BCUT2D eigenvalue weighted by Gasteiger charge is -2.35. The van der Waals surface area contributed by atoms with Crippen molar-refractivity contribution in [1.29, 1.82) is 0 Å². The van der Waals surface area contributed by atoms with E-state index in [4.69, 9.17) is 0 Å².